The molecule has 0 aliphatic carbocycles. The van der Waals surface area contributed by atoms with Gasteiger partial charge in [-0.2, -0.15) is 0 Å². The molecule has 2 rings (SSSR count). The SMILES string of the molecule is Nc1ccc(NC(=O)CCC(=O)Nc2ccc(N)cn2)nc1. The summed E-state index contributed by atoms with van der Waals surface area (Å²) in [7, 11) is 0. The van der Waals surface area contributed by atoms with Crippen LogP contribution in [0, 0.1) is 0 Å². The summed E-state index contributed by atoms with van der Waals surface area (Å²) in [5.74, 6) is 0.162. The number of amides is 2. The first kappa shape index (κ1) is 15.2. The molecule has 2 aromatic heterocycles. The second-order valence-electron chi connectivity index (χ2n) is 4.55. The van der Waals surface area contributed by atoms with Crippen LogP contribution in [0.25, 0.3) is 0 Å². The predicted molar refractivity (Wildman–Crippen MR) is 83.8 cm³/mol. The summed E-state index contributed by atoms with van der Waals surface area (Å²) >= 11 is 0. The third kappa shape index (κ3) is 4.75. The van der Waals surface area contributed by atoms with Crippen LogP contribution in [-0.4, -0.2) is 21.8 Å². The lowest BCUT2D eigenvalue weighted by atomic mass is 10.2. The molecule has 22 heavy (non-hydrogen) atoms. The van der Waals surface area contributed by atoms with E-state index in [1.165, 1.54) is 12.4 Å². The summed E-state index contributed by atoms with van der Waals surface area (Å²) in [6.07, 6.45) is 2.95. The Balaban J connectivity index is 1.76. The van der Waals surface area contributed by atoms with Crippen molar-refractivity contribution in [2.75, 3.05) is 22.1 Å². The smallest absolute Gasteiger partial charge is 0.226 e. The Kier molecular flexibility index (Phi) is 4.86. The van der Waals surface area contributed by atoms with Gasteiger partial charge < -0.3 is 22.1 Å². The lowest BCUT2D eigenvalue weighted by Gasteiger charge is -2.06. The van der Waals surface area contributed by atoms with Gasteiger partial charge in [-0.3, -0.25) is 9.59 Å². The second-order valence-corrected chi connectivity index (χ2v) is 4.55. The van der Waals surface area contributed by atoms with Gasteiger partial charge in [0.2, 0.25) is 11.8 Å². The zero-order chi connectivity index (χ0) is 15.9. The van der Waals surface area contributed by atoms with Crippen LogP contribution < -0.4 is 22.1 Å². The van der Waals surface area contributed by atoms with Crippen molar-refractivity contribution in [1.82, 2.24) is 9.97 Å². The number of hydrogen-bond acceptors (Lipinski definition) is 6. The average molecular weight is 300 g/mol. The summed E-state index contributed by atoms with van der Waals surface area (Å²) < 4.78 is 0. The van der Waals surface area contributed by atoms with Gasteiger partial charge in [-0.15, -0.1) is 0 Å². The number of nitrogens with two attached hydrogens (primary N) is 2. The molecule has 2 aromatic rings. The van der Waals surface area contributed by atoms with Gasteiger partial charge in [-0.05, 0) is 24.3 Å². The number of carbonyl (C=O) groups excluding carboxylic acids is 2. The number of aromatic nitrogens is 2. The Morgan fingerprint density at radius 1 is 0.818 bits per heavy atom. The van der Waals surface area contributed by atoms with E-state index < -0.39 is 0 Å². The third-order valence-corrected chi connectivity index (χ3v) is 2.69. The highest BCUT2D eigenvalue weighted by Crippen LogP contribution is 2.08. The van der Waals surface area contributed by atoms with Crippen LogP contribution in [0.4, 0.5) is 23.0 Å². The summed E-state index contributed by atoms with van der Waals surface area (Å²) in [6, 6.07) is 6.43. The van der Waals surface area contributed by atoms with Gasteiger partial charge in [0.1, 0.15) is 11.6 Å². The highest BCUT2D eigenvalue weighted by atomic mass is 16.2. The minimum atomic E-state index is -0.308. The minimum Gasteiger partial charge on any atom is -0.397 e. The molecule has 0 unspecified atom stereocenters. The van der Waals surface area contributed by atoms with Crippen molar-refractivity contribution in [3.63, 3.8) is 0 Å². The van der Waals surface area contributed by atoms with E-state index in [-0.39, 0.29) is 24.7 Å². The van der Waals surface area contributed by atoms with Gasteiger partial charge in [0.25, 0.3) is 0 Å². The van der Waals surface area contributed by atoms with E-state index in [0.29, 0.717) is 23.0 Å². The Morgan fingerprint density at radius 3 is 1.55 bits per heavy atom. The third-order valence-electron chi connectivity index (χ3n) is 2.69. The molecule has 114 valence electrons. The zero-order valence-corrected chi connectivity index (χ0v) is 11.7. The average Bonchev–Trinajstić information content (AvgIpc) is 2.50. The maximum absolute atomic E-state index is 11.7. The first-order chi connectivity index (χ1) is 10.5. The van der Waals surface area contributed by atoms with Crippen molar-refractivity contribution in [2.45, 2.75) is 12.8 Å². The molecule has 8 heteroatoms. The quantitative estimate of drug-likeness (QED) is 0.650. The lowest BCUT2D eigenvalue weighted by Crippen LogP contribution is -2.18. The second kappa shape index (κ2) is 7.02. The summed E-state index contributed by atoms with van der Waals surface area (Å²) in [5.41, 5.74) is 12.0. The maximum atomic E-state index is 11.7. The summed E-state index contributed by atoms with van der Waals surface area (Å²) in [4.78, 5) is 31.3. The molecule has 0 saturated carbocycles. The van der Waals surface area contributed by atoms with Gasteiger partial charge in [-0.1, -0.05) is 0 Å². The molecular formula is C14H16N6O2. The van der Waals surface area contributed by atoms with E-state index in [1.807, 2.05) is 0 Å². The number of pyridine rings is 2. The fourth-order valence-corrected chi connectivity index (χ4v) is 1.60. The zero-order valence-electron chi connectivity index (χ0n) is 11.7. The topological polar surface area (TPSA) is 136 Å². The van der Waals surface area contributed by atoms with Gasteiger partial charge in [-0.25, -0.2) is 9.97 Å². The number of nitrogens with one attached hydrogen (secondary N) is 2. The highest BCUT2D eigenvalue weighted by Gasteiger charge is 2.08. The monoisotopic (exact) mass is 300 g/mol. The highest BCUT2D eigenvalue weighted by molar-refractivity contribution is 5.96. The normalized spacial score (nSPS) is 10.0. The van der Waals surface area contributed by atoms with Crippen LogP contribution in [0.5, 0.6) is 0 Å². The predicted octanol–water partition coefficient (Wildman–Crippen LogP) is 0.998. The fraction of sp³-hybridized carbons (Fsp3) is 0.143. The molecule has 8 nitrogen and oxygen atoms in total. The van der Waals surface area contributed by atoms with Crippen LogP contribution in [0.1, 0.15) is 12.8 Å². The van der Waals surface area contributed by atoms with E-state index in [1.54, 1.807) is 24.3 Å². The Labute approximate surface area is 126 Å². The molecule has 2 amide bonds. The molecule has 0 aliphatic heterocycles. The van der Waals surface area contributed by atoms with Crippen LogP contribution in [0.2, 0.25) is 0 Å². The Morgan fingerprint density at radius 2 is 1.23 bits per heavy atom. The summed E-state index contributed by atoms with van der Waals surface area (Å²) in [6.45, 7) is 0. The molecule has 2 heterocycles. The number of rotatable bonds is 5. The molecule has 0 bridgehead atoms. The molecule has 0 atom stereocenters. The van der Waals surface area contributed by atoms with Gasteiger partial charge >= 0.3 is 0 Å². The molecular weight excluding hydrogens is 284 g/mol. The number of nitrogens with zero attached hydrogens (tertiary/aromatic N) is 2. The Hall–Kier alpha value is -3.16. The van der Waals surface area contributed by atoms with Gasteiger partial charge in [0, 0.05) is 12.8 Å². The van der Waals surface area contributed by atoms with Crippen molar-refractivity contribution in [3.8, 4) is 0 Å². The van der Waals surface area contributed by atoms with Crippen molar-refractivity contribution < 1.29 is 9.59 Å². The van der Waals surface area contributed by atoms with Crippen LogP contribution in [0.15, 0.2) is 36.7 Å². The molecule has 0 aliphatic rings. The number of hydrogen-bond donors (Lipinski definition) is 4. The lowest BCUT2D eigenvalue weighted by molar-refractivity contribution is -0.121. The molecule has 6 N–H and O–H groups in total. The van der Waals surface area contributed by atoms with Crippen molar-refractivity contribution >= 4 is 34.8 Å². The molecule has 0 spiro atoms. The first-order valence-electron chi connectivity index (χ1n) is 6.56. The van der Waals surface area contributed by atoms with Crippen LogP contribution in [0.3, 0.4) is 0 Å². The van der Waals surface area contributed by atoms with Gasteiger partial charge in [0.05, 0.1) is 23.8 Å². The maximum Gasteiger partial charge on any atom is 0.226 e. The van der Waals surface area contributed by atoms with E-state index in [9.17, 15) is 9.59 Å². The van der Waals surface area contributed by atoms with Crippen molar-refractivity contribution in [3.05, 3.63) is 36.7 Å². The van der Waals surface area contributed by atoms with Crippen LogP contribution in [-0.2, 0) is 9.59 Å². The standard InChI is InChI=1S/C14H16N6O2/c15-9-1-3-11(17-7-9)19-13(21)5-6-14(22)20-12-4-2-10(16)8-18-12/h1-4,7-8H,5-6,15-16H2,(H,17,19,21)(H,18,20,22). The van der Waals surface area contributed by atoms with Crippen molar-refractivity contribution in [2.24, 2.45) is 0 Å². The molecule has 0 aromatic carbocycles. The fourth-order valence-electron chi connectivity index (χ4n) is 1.60. The number of nitrogen functional groups attached to an aromatic ring is 2. The minimum absolute atomic E-state index is 0.0346. The molecule has 0 fully saturated rings. The summed E-state index contributed by atoms with van der Waals surface area (Å²) in [5, 5.41) is 5.16. The van der Waals surface area contributed by atoms with E-state index >= 15 is 0 Å². The first-order valence-corrected chi connectivity index (χ1v) is 6.56. The van der Waals surface area contributed by atoms with Crippen LogP contribution >= 0.6 is 0 Å². The van der Waals surface area contributed by atoms with E-state index in [2.05, 4.69) is 20.6 Å². The largest absolute Gasteiger partial charge is 0.397 e. The van der Waals surface area contributed by atoms with Gasteiger partial charge in [0.15, 0.2) is 0 Å². The molecule has 0 saturated heterocycles. The number of anilines is 4. The molecule has 0 radical (unpaired) electrons. The Bertz CT molecular complexity index is 595. The van der Waals surface area contributed by atoms with Crippen molar-refractivity contribution in [1.29, 1.82) is 0 Å². The number of carbonyl (C=O) groups is 2. The van der Waals surface area contributed by atoms with E-state index in [4.69, 9.17) is 11.5 Å². The van der Waals surface area contributed by atoms with E-state index in [0.717, 1.165) is 0 Å².